The maximum Gasteiger partial charge on any atom is 0.362 e. The topological polar surface area (TPSA) is 67.7 Å². The number of benzene rings is 1. The van der Waals surface area contributed by atoms with Gasteiger partial charge in [-0.15, -0.1) is 0 Å². The Morgan fingerprint density at radius 2 is 1.74 bits per heavy atom. The minimum Gasteiger partial charge on any atom is -0.461 e. The van der Waals surface area contributed by atoms with Gasteiger partial charge in [0.1, 0.15) is 0 Å². The zero-order chi connectivity index (χ0) is 24.9. The number of hydrogen-bond donors (Lipinski definition) is 0. The molecule has 2 fully saturated rings. The maximum absolute atomic E-state index is 13.9. The summed E-state index contributed by atoms with van der Waals surface area (Å²) in [5.41, 5.74) is 0.987. The molecular formula is C28H42N4O3. The lowest BCUT2D eigenvalue weighted by molar-refractivity contribution is 0.0500. The second kappa shape index (κ2) is 11.7. The highest BCUT2D eigenvalue weighted by molar-refractivity contribution is 5.89. The zero-order valence-corrected chi connectivity index (χ0v) is 21.9. The van der Waals surface area contributed by atoms with Crippen LogP contribution in [0.2, 0.25) is 0 Å². The van der Waals surface area contributed by atoms with Crippen LogP contribution in [0.5, 0.6) is 0 Å². The van der Waals surface area contributed by atoms with Gasteiger partial charge in [0.15, 0.2) is 0 Å². The van der Waals surface area contributed by atoms with Crippen molar-refractivity contribution in [2.24, 2.45) is 0 Å². The van der Waals surface area contributed by atoms with Gasteiger partial charge < -0.3 is 9.64 Å². The van der Waals surface area contributed by atoms with Crippen LogP contribution >= 0.6 is 0 Å². The van der Waals surface area contributed by atoms with Gasteiger partial charge in [0.05, 0.1) is 23.7 Å². The molecule has 192 valence electrons. The summed E-state index contributed by atoms with van der Waals surface area (Å²) < 4.78 is 7.09. The van der Waals surface area contributed by atoms with Gasteiger partial charge in [0.2, 0.25) is 5.69 Å². The molecule has 0 bridgehead atoms. The highest BCUT2D eigenvalue weighted by Gasteiger charge is 2.40. The summed E-state index contributed by atoms with van der Waals surface area (Å²) in [6, 6.07) is 8.71. The molecule has 2 aliphatic rings. The maximum atomic E-state index is 13.9. The monoisotopic (exact) mass is 482 g/mol. The molecule has 0 spiro atoms. The van der Waals surface area contributed by atoms with Gasteiger partial charge in [0, 0.05) is 31.2 Å². The summed E-state index contributed by atoms with van der Waals surface area (Å²) in [4.78, 5) is 36.2. The summed E-state index contributed by atoms with van der Waals surface area (Å²) in [7, 11) is 2.15. The van der Waals surface area contributed by atoms with E-state index in [4.69, 9.17) is 4.74 Å². The third-order valence-corrected chi connectivity index (χ3v) is 7.92. The molecule has 1 aromatic heterocycles. The zero-order valence-electron chi connectivity index (χ0n) is 21.9. The van der Waals surface area contributed by atoms with Gasteiger partial charge in [-0.1, -0.05) is 51.2 Å². The summed E-state index contributed by atoms with van der Waals surface area (Å²) in [6.07, 6.45) is 9.91. The third-order valence-electron chi connectivity index (χ3n) is 7.92. The van der Waals surface area contributed by atoms with Crippen molar-refractivity contribution in [2.45, 2.75) is 96.3 Å². The van der Waals surface area contributed by atoms with Crippen molar-refractivity contribution in [2.75, 3.05) is 26.7 Å². The van der Waals surface area contributed by atoms with Crippen LogP contribution in [0.3, 0.4) is 0 Å². The quantitative estimate of drug-likeness (QED) is 0.579. The van der Waals surface area contributed by atoms with E-state index >= 15 is 0 Å². The van der Waals surface area contributed by atoms with Crippen molar-refractivity contribution >= 4 is 17.0 Å². The van der Waals surface area contributed by atoms with E-state index in [1.54, 1.807) is 6.92 Å². The molecular weight excluding hydrogens is 440 g/mol. The van der Waals surface area contributed by atoms with Gasteiger partial charge in [0.25, 0.3) is 5.56 Å². The number of carbonyl (C=O) groups is 1. The Bertz CT molecular complexity index is 1060. The number of ether oxygens (including phenoxy) is 1. The van der Waals surface area contributed by atoms with Crippen LogP contribution in [0, 0.1) is 0 Å². The van der Waals surface area contributed by atoms with E-state index in [1.807, 2.05) is 28.8 Å². The third kappa shape index (κ3) is 5.46. The van der Waals surface area contributed by atoms with Gasteiger partial charge >= 0.3 is 5.97 Å². The Kier molecular flexibility index (Phi) is 8.60. The van der Waals surface area contributed by atoms with Crippen molar-refractivity contribution < 1.29 is 9.53 Å². The Balaban J connectivity index is 1.86. The van der Waals surface area contributed by atoms with Crippen LogP contribution in [0.4, 0.5) is 0 Å². The second-order valence-corrected chi connectivity index (χ2v) is 10.4. The number of aromatic nitrogens is 2. The minimum absolute atomic E-state index is 0.0889. The fourth-order valence-electron chi connectivity index (χ4n) is 6.50. The first kappa shape index (κ1) is 25.8. The lowest BCUT2D eigenvalue weighted by Gasteiger charge is -2.44. The number of likely N-dealkylation sites (N-methyl/N-ethyl adjacent to an activating group) is 1. The van der Waals surface area contributed by atoms with Crippen LogP contribution in [-0.2, 0) is 4.74 Å². The fraction of sp³-hybridized carbons (Fsp3) is 0.679. The minimum atomic E-state index is -0.641. The van der Waals surface area contributed by atoms with Crippen LogP contribution in [-0.4, -0.2) is 70.2 Å². The predicted octanol–water partition coefficient (Wildman–Crippen LogP) is 4.64. The molecule has 1 unspecified atom stereocenters. The van der Waals surface area contributed by atoms with Gasteiger partial charge in [-0.3, -0.25) is 14.3 Å². The molecule has 2 aromatic rings. The van der Waals surface area contributed by atoms with E-state index in [2.05, 4.69) is 35.7 Å². The standard InChI is InChI=1S/C28H42N4O3/c1-5-23-25(19-30(4)18-20(3)31(23)21-14-10-8-7-9-11-15-21)32-24-17-13-12-16-22(24)29-26(27(32)33)28(34)35-6-2/h12-13,16-17,20-21,23,25H,5-11,14-15,18-19H2,1-4H3/t20-,23+,25?/m0/s1. The van der Waals surface area contributed by atoms with Crippen molar-refractivity contribution in [1.82, 2.24) is 19.4 Å². The molecule has 1 aromatic carbocycles. The first-order chi connectivity index (χ1) is 17.0. The average Bonchev–Trinajstić information content (AvgIpc) is 2.93. The molecule has 7 heteroatoms. The van der Waals surface area contributed by atoms with E-state index in [-0.39, 0.29) is 29.9 Å². The number of carbonyl (C=O) groups excluding carboxylic acids is 1. The van der Waals surface area contributed by atoms with Crippen molar-refractivity contribution in [1.29, 1.82) is 0 Å². The van der Waals surface area contributed by atoms with Crippen LogP contribution in [0.25, 0.3) is 11.0 Å². The second-order valence-electron chi connectivity index (χ2n) is 10.4. The molecule has 3 atom stereocenters. The van der Waals surface area contributed by atoms with Gasteiger partial charge in [-0.05, 0) is 52.3 Å². The van der Waals surface area contributed by atoms with E-state index < -0.39 is 5.97 Å². The summed E-state index contributed by atoms with van der Waals surface area (Å²) in [6.45, 7) is 8.26. The van der Waals surface area contributed by atoms with Crippen molar-refractivity contribution in [3.63, 3.8) is 0 Å². The first-order valence-corrected chi connectivity index (χ1v) is 13.6. The number of hydrogen-bond acceptors (Lipinski definition) is 6. The van der Waals surface area contributed by atoms with E-state index in [9.17, 15) is 9.59 Å². The molecule has 0 amide bonds. The highest BCUT2D eigenvalue weighted by Crippen LogP contribution is 2.33. The van der Waals surface area contributed by atoms with Crippen LogP contribution in [0.1, 0.15) is 88.7 Å². The fourth-order valence-corrected chi connectivity index (χ4v) is 6.50. The highest BCUT2D eigenvalue weighted by atomic mass is 16.5. The Labute approximate surface area is 209 Å². The SMILES string of the molecule is CCOC(=O)c1nc2ccccc2n(C2CN(C)C[C@H](C)N(C3CCCCCCC3)[C@@H]2CC)c1=O. The van der Waals surface area contributed by atoms with E-state index in [0.717, 1.165) is 25.0 Å². The van der Waals surface area contributed by atoms with Gasteiger partial charge in [-0.2, -0.15) is 0 Å². The molecule has 1 aliphatic carbocycles. The number of esters is 1. The number of fused-ring (bicyclic) bond motifs is 1. The molecule has 35 heavy (non-hydrogen) atoms. The predicted molar refractivity (Wildman–Crippen MR) is 140 cm³/mol. The summed E-state index contributed by atoms with van der Waals surface area (Å²) >= 11 is 0. The molecule has 7 nitrogen and oxygen atoms in total. The molecule has 2 heterocycles. The van der Waals surface area contributed by atoms with E-state index in [0.29, 0.717) is 17.6 Å². The molecule has 1 saturated heterocycles. The van der Waals surface area contributed by atoms with Crippen molar-refractivity contribution in [3.05, 3.63) is 40.3 Å². The van der Waals surface area contributed by atoms with Gasteiger partial charge in [-0.25, -0.2) is 9.78 Å². The molecule has 4 rings (SSSR count). The number of nitrogens with zero attached hydrogens (tertiary/aromatic N) is 4. The molecule has 0 N–H and O–H groups in total. The number of para-hydroxylation sites is 2. The summed E-state index contributed by atoms with van der Waals surface area (Å²) in [5, 5.41) is 0. The lowest BCUT2D eigenvalue weighted by atomic mass is 9.91. The number of rotatable bonds is 5. The Morgan fingerprint density at radius 3 is 2.43 bits per heavy atom. The largest absolute Gasteiger partial charge is 0.461 e. The average molecular weight is 483 g/mol. The first-order valence-electron chi connectivity index (χ1n) is 13.6. The van der Waals surface area contributed by atoms with E-state index in [1.165, 1.54) is 44.9 Å². The van der Waals surface area contributed by atoms with Crippen LogP contribution in [0.15, 0.2) is 29.1 Å². The Hall–Kier alpha value is -2.25. The molecule has 1 aliphatic heterocycles. The smallest absolute Gasteiger partial charge is 0.362 e. The normalized spacial score (nSPS) is 25.7. The lowest BCUT2D eigenvalue weighted by Crippen LogP contribution is -2.53. The summed E-state index contributed by atoms with van der Waals surface area (Å²) in [5.74, 6) is -0.641. The van der Waals surface area contributed by atoms with Crippen LogP contribution < -0.4 is 5.56 Å². The molecule has 1 saturated carbocycles. The molecule has 0 radical (unpaired) electrons. The van der Waals surface area contributed by atoms with Crippen molar-refractivity contribution in [3.8, 4) is 0 Å². The Morgan fingerprint density at radius 1 is 1.06 bits per heavy atom.